The van der Waals surface area contributed by atoms with Crippen LogP contribution in [0.5, 0.6) is 0 Å². The molecule has 0 unspecified atom stereocenters. The van der Waals surface area contributed by atoms with Gasteiger partial charge in [-0.25, -0.2) is 9.18 Å². The Hall–Kier alpha value is -2.70. The molecular weight excluding hydrogens is 289 g/mol. The minimum Gasteiger partial charge on any atom is -0.476 e. The number of carboxylic acids is 1. The first-order valence-corrected chi connectivity index (χ1v) is 6.81. The molecule has 3 rings (SSSR count). The Labute approximate surface area is 125 Å². The second kappa shape index (κ2) is 5.25. The normalized spacial score (nSPS) is 13.8. The van der Waals surface area contributed by atoms with E-state index in [4.69, 9.17) is 5.11 Å². The summed E-state index contributed by atoms with van der Waals surface area (Å²) in [7, 11) is 1.64. The van der Waals surface area contributed by atoms with E-state index < -0.39 is 17.7 Å². The van der Waals surface area contributed by atoms with E-state index in [1.54, 1.807) is 13.1 Å². The van der Waals surface area contributed by atoms with Crippen molar-refractivity contribution in [2.24, 2.45) is 7.05 Å². The third-order valence-electron chi connectivity index (χ3n) is 3.84. The molecule has 1 aromatic carbocycles. The molecule has 0 spiro atoms. The number of benzene rings is 1. The number of rotatable bonds is 2. The molecule has 0 fully saturated rings. The molecule has 0 saturated carbocycles. The van der Waals surface area contributed by atoms with Gasteiger partial charge in [0.15, 0.2) is 5.69 Å². The summed E-state index contributed by atoms with van der Waals surface area (Å²) >= 11 is 0. The summed E-state index contributed by atoms with van der Waals surface area (Å²) in [4.78, 5) is 25.1. The molecule has 1 aromatic heterocycles. The molecule has 2 aromatic rings. The number of hydrogen-bond donors (Lipinski definition) is 1. The molecule has 1 aliphatic rings. The third kappa shape index (κ3) is 2.24. The topological polar surface area (TPSA) is 75.4 Å². The highest BCUT2D eigenvalue weighted by molar-refractivity contribution is 5.94. The molecular formula is C15H14FN3O3. The van der Waals surface area contributed by atoms with Crippen LogP contribution in [0.4, 0.5) is 4.39 Å². The number of aromatic carboxylic acids is 1. The van der Waals surface area contributed by atoms with Crippen molar-refractivity contribution in [3.05, 3.63) is 52.6 Å². The van der Waals surface area contributed by atoms with Gasteiger partial charge in [-0.15, -0.1) is 0 Å². The van der Waals surface area contributed by atoms with E-state index in [2.05, 4.69) is 5.10 Å². The lowest BCUT2D eigenvalue weighted by atomic mass is 10.0. The zero-order chi connectivity index (χ0) is 15.9. The van der Waals surface area contributed by atoms with E-state index in [9.17, 15) is 14.0 Å². The lowest BCUT2D eigenvalue weighted by molar-refractivity contribution is 0.0688. The minimum atomic E-state index is -1.08. The fraction of sp³-hybridized carbons (Fsp3) is 0.267. The van der Waals surface area contributed by atoms with Crippen molar-refractivity contribution in [2.45, 2.75) is 13.0 Å². The summed E-state index contributed by atoms with van der Waals surface area (Å²) < 4.78 is 15.2. The molecule has 0 aliphatic carbocycles. The van der Waals surface area contributed by atoms with Crippen molar-refractivity contribution < 1.29 is 19.1 Å². The van der Waals surface area contributed by atoms with Gasteiger partial charge in [-0.2, -0.15) is 5.10 Å². The molecule has 1 N–H and O–H groups in total. The smallest absolute Gasteiger partial charge is 0.356 e. The van der Waals surface area contributed by atoms with Gasteiger partial charge in [0.2, 0.25) is 0 Å². The first-order valence-electron chi connectivity index (χ1n) is 6.81. The lowest BCUT2D eigenvalue weighted by Crippen LogP contribution is -2.37. The van der Waals surface area contributed by atoms with Gasteiger partial charge >= 0.3 is 5.97 Å². The summed E-state index contributed by atoms with van der Waals surface area (Å²) in [6, 6.07) is 5.83. The van der Waals surface area contributed by atoms with Crippen molar-refractivity contribution in [1.29, 1.82) is 0 Å². The summed E-state index contributed by atoms with van der Waals surface area (Å²) in [6.45, 7) is 0.561. The number of nitrogens with zero attached hydrogens (tertiary/aromatic N) is 3. The zero-order valence-corrected chi connectivity index (χ0v) is 11.9. The number of carbonyl (C=O) groups is 2. The summed E-state index contributed by atoms with van der Waals surface area (Å²) in [5.41, 5.74) is 1.36. The van der Waals surface area contributed by atoms with Crippen LogP contribution in [0.25, 0.3) is 0 Å². The second-order valence-electron chi connectivity index (χ2n) is 5.16. The van der Waals surface area contributed by atoms with Gasteiger partial charge in [0, 0.05) is 19.2 Å². The molecule has 114 valence electrons. The van der Waals surface area contributed by atoms with Crippen molar-refractivity contribution >= 4 is 11.9 Å². The van der Waals surface area contributed by atoms with Crippen LogP contribution in [0, 0.1) is 5.82 Å². The number of fused-ring (bicyclic) bond motifs is 1. The van der Waals surface area contributed by atoms with E-state index in [0.29, 0.717) is 24.2 Å². The Bertz CT molecular complexity index is 769. The monoisotopic (exact) mass is 303 g/mol. The quantitative estimate of drug-likeness (QED) is 0.911. The Morgan fingerprint density at radius 2 is 2.05 bits per heavy atom. The summed E-state index contributed by atoms with van der Waals surface area (Å²) in [6.07, 6.45) is 0.394. The van der Waals surface area contributed by atoms with Crippen LogP contribution < -0.4 is 0 Å². The van der Waals surface area contributed by atoms with Gasteiger partial charge in [0.25, 0.3) is 5.91 Å². The standard InChI is InChI=1S/C15H14FN3O3/c1-18-12-8-19(7-6-10(12)13(17-18)15(21)22)14(20)9-4-2-3-5-11(9)16/h2-5H,6-8H2,1H3,(H,21,22). The first-order chi connectivity index (χ1) is 10.5. The SMILES string of the molecule is Cn1nc(C(=O)O)c2c1CN(C(=O)c1ccccc1F)CC2. The van der Waals surface area contributed by atoms with E-state index in [0.717, 1.165) is 0 Å². The van der Waals surface area contributed by atoms with Crippen molar-refractivity contribution in [2.75, 3.05) is 6.54 Å². The van der Waals surface area contributed by atoms with Crippen LogP contribution in [0.15, 0.2) is 24.3 Å². The predicted molar refractivity (Wildman–Crippen MR) is 75.0 cm³/mol. The molecule has 0 radical (unpaired) electrons. The fourth-order valence-electron chi connectivity index (χ4n) is 2.72. The van der Waals surface area contributed by atoms with Crippen molar-refractivity contribution in [3.8, 4) is 0 Å². The predicted octanol–water partition coefficient (Wildman–Crippen LogP) is 1.46. The fourth-order valence-corrected chi connectivity index (χ4v) is 2.72. The number of carbonyl (C=O) groups excluding carboxylic acids is 1. The summed E-state index contributed by atoms with van der Waals surface area (Å²) in [5, 5.41) is 13.1. The maximum atomic E-state index is 13.7. The van der Waals surface area contributed by atoms with Gasteiger partial charge in [-0.05, 0) is 18.6 Å². The van der Waals surface area contributed by atoms with Gasteiger partial charge < -0.3 is 10.0 Å². The van der Waals surface area contributed by atoms with E-state index >= 15 is 0 Å². The maximum absolute atomic E-state index is 13.7. The Kier molecular flexibility index (Phi) is 3.40. The number of amides is 1. The van der Waals surface area contributed by atoms with Gasteiger partial charge in [-0.3, -0.25) is 9.48 Å². The van der Waals surface area contributed by atoms with Crippen molar-refractivity contribution in [1.82, 2.24) is 14.7 Å². The van der Waals surface area contributed by atoms with Crippen LogP contribution in [0.3, 0.4) is 0 Å². The number of halogens is 1. The molecule has 22 heavy (non-hydrogen) atoms. The molecule has 0 bridgehead atoms. The van der Waals surface area contributed by atoms with Gasteiger partial charge in [-0.1, -0.05) is 12.1 Å². The molecule has 7 heteroatoms. The molecule has 6 nitrogen and oxygen atoms in total. The average Bonchev–Trinajstić information content (AvgIpc) is 2.84. The van der Waals surface area contributed by atoms with Crippen LogP contribution in [0.2, 0.25) is 0 Å². The number of aromatic nitrogens is 2. The highest BCUT2D eigenvalue weighted by atomic mass is 19.1. The number of carboxylic acid groups (broad SMARTS) is 1. The van der Waals surface area contributed by atoms with Crippen molar-refractivity contribution in [3.63, 3.8) is 0 Å². The Morgan fingerprint density at radius 3 is 2.73 bits per heavy atom. The van der Waals surface area contributed by atoms with Crippen LogP contribution in [-0.2, 0) is 20.0 Å². The molecule has 0 atom stereocenters. The molecule has 2 heterocycles. The van der Waals surface area contributed by atoms with Crippen LogP contribution in [0.1, 0.15) is 32.1 Å². The highest BCUT2D eigenvalue weighted by Crippen LogP contribution is 2.23. The molecule has 1 aliphatic heterocycles. The Balaban J connectivity index is 1.91. The minimum absolute atomic E-state index is 0.0200. The number of hydrogen-bond acceptors (Lipinski definition) is 3. The Morgan fingerprint density at radius 1 is 1.32 bits per heavy atom. The highest BCUT2D eigenvalue weighted by Gasteiger charge is 2.30. The van der Waals surface area contributed by atoms with E-state index in [-0.39, 0.29) is 17.8 Å². The average molecular weight is 303 g/mol. The second-order valence-corrected chi connectivity index (χ2v) is 5.16. The van der Waals surface area contributed by atoms with Crippen LogP contribution >= 0.6 is 0 Å². The molecule has 0 saturated heterocycles. The third-order valence-corrected chi connectivity index (χ3v) is 3.84. The largest absolute Gasteiger partial charge is 0.476 e. The van der Waals surface area contributed by atoms with E-state index in [1.807, 2.05) is 0 Å². The summed E-state index contributed by atoms with van der Waals surface area (Å²) in [5.74, 6) is -2.04. The molecule has 1 amide bonds. The zero-order valence-electron chi connectivity index (χ0n) is 11.9. The van der Waals surface area contributed by atoms with E-state index in [1.165, 1.54) is 27.8 Å². The lowest BCUT2D eigenvalue weighted by Gasteiger charge is -2.27. The van der Waals surface area contributed by atoms with Gasteiger partial charge in [0.05, 0.1) is 17.8 Å². The van der Waals surface area contributed by atoms with Gasteiger partial charge in [0.1, 0.15) is 5.82 Å². The van der Waals surface area contributed by atoms with Crippen LogP contribution in [-0.4, -0.2) is 38.2 Å². The maximum Gasteiger partial charge on any atom is 0.356 e. The number of aryl methyl sites for hydroxylation is 1. The first kappa shape index (κ1) is 14.2.